The molecule has 1 aliphatic rings. The molecule has 1 heterocycles. The molecule has 0 unspecified atom stereocenters. The van der Waals surface area contributed by atoms with Gasteiger partial charge in [0.1, 0.15) is 0 Å². The Labute approximate surface area is 144 Å². The largest absolute Gasteiger partial charge is 0.306 e. The van der Waals surface area contributed by atoms with Crippen LogP contribution < -0.4 is 4.90 Å². The van der Waals surface area contributed by atoms with Crippen molar-refractivity contribution < 1.29 is 4.79 Å². The highest BCUT2D eigenvalue weighted by atomic mass is 35.5. The molecule has 3 rings (SSSR count). The molecule has 0 bridgehead atoms. The number of halogens is 2. The summed E-state index contributed by atoms with van der Waals surface area (Å²) in [6, 6.07) is 12.7. The topological polar surface area (TPSA) is 32.7 Å². The molecule has 1 amide bonds. The number of nitrogens with zero attached hydrogens (tertiary/aromatic N) is 2. The van der Waals surface area contributed by atoms with E-state index in [1.165, 1.54) is 0 Å². The van der Waals surface area contributed by atoms with Gasteiger partial charge in [-0.25, -0.2) is 0 Å². The van der Waals surface area contributed by atoms with Crippen LogP contribution in [0.4, 0.5) is 11.4 Å². The second kappa shape index (κ2) is 6.57. The van der Waals surface area contributed by atoms with Crippen molar-refractivity contribution in [2.24, 2.45) is 4.99 Å². The van der Waals surface area contributed by atoms with Crippen LogP contribution in [0.2, 0.25) is 10.0 Å². The standard InChI is InChI=1S/C18H14Cl2N2O/c1-2-9-22-17-10-14(20)7-8-15(17)21-16(11-18(22)23)12-3-5-13(19)6-4-12/h2-8,10H,1,9,11H2. The molecule has 0 saturated carbocycles. The third-order valence-electron chi connectivity index (χ3n) is 3.59. The molecule has 5 heteroatoms. The van der Waals surface area contributed by atoms with Crippen LogP contribution in [-0.2, 0) is 4.79 Å². The number of carbonyl (C=O) groups excluding carboxylic acids is 1. The fraction of sp³-hybridized carbons (Fsp3) is 0.111. The van der Waals surface area contributed by atoms with Crippen LogP contribution in [0.3, 0.4) is 0 Å². The zero-order chi connectivity index (χ0) is 16.4. The monoisotopic (exact) mass is 344 g/mol. The van der Waals surface area contributed by atoms with E-state index in [0.29, 0.717) is 33.7 Å². The molecule has 0 aromatic heterocycles. The number of amides is 1. The highest BCUT2D eigenvalue weighted by molar-refractivity contribution is 6.31. The van der Waals surface area contributed by atoms with Gasteiger partial charge in [-0.05, 0) is 35.9 Å². The van der Waals surface area contributed by atoms with Gasteiger partial charge in [-0.1, -0.05) is 41.4 Å². The maximum atomic E-state index is 12.7. The lowest BCUT2D eigenvalue weighted by Gasteiger charge is -2.20. The van der Waals surface area contributed by atoms with Crippen LogP contribution in [0.25, 0.3) is 0 Å². The Morgan fingerprint density at radius 1 is 1.13 bits per heavy atom. The summed E-state index contributed by atoms with van der Waals surface area (Å²) < 4.78 is 0. The zero-order valence-corrected chi connectivity index (χ0v) is 13.8. The number of rotatable bonds is 3. The molecule has 2 aromatic rings. The van der Waals surface area contributed by atoms with Gasteiger partial charge in [0.25, 0.3) is 0 Å². The Hall–Kier alpha value is -2.10. The molecule has 3 nitrogen and oxygen atoms in total. The van der Waals surface area contributed by atoms with E-state index in [2.05, 4.69) is 11.6 Å². The van der Waals surface area contributed by atoms with E-state index in [1.807, 2.05) is 18.2 Å². The predicted molar refractivity (Wildman–Crippen MR) is 96.3 cm³/mol. The molecule has 0 N–H and O–H groups in total. The Bertz CT molecular complexity index is 797. The molecule has 0 spiro atoms. The summed E-state index contributed by atoms with van der Waals surface area (Å²) >= 11 is 12.0. The molecule has 0 aliphatic carbocycles. The average molecular weight is 345 g/mol. The van der Waals surface area contributed by atoms with Crippen molar-refractivity contribution in [3.63, 3.8) is 0 Å². The SMILES string of the molecule is C=CCN1C(=O)CC(c2ccc(Cl)cc2)=Nc2ccc(Cl)cc21. The van der Waals surface area contributed by atoms with E-state index in [0.717, 1.165) is 5.56 Å². The summed E-state index contributed by atoms with van der Waals surface area (Å²) in [7, 11) is 0. The van der Waals surface area contributed by atoms with E-state index < -0.39 is 0 Å². The maximum Gasteiger partial charge on any atom is 0.233 e. The van der Waals surface area contributed by atoms with Crippen molar-refractivity contribution in [3.05, 3.63) is 70.7 Å². The van der Waals surface area contributed by atoms with Gasteiger partial charge < -0.3 is 4.90 Å². The van der Waals surface area contributed by atoms with Crippen LogP contribution in [0.5, 0.6) is 0 Å². The van der Waals surface area contributed by atoms with Crippen LogP contribution in [-0.4, -0.2) is 18.2 Å². The Morgan fingerprint density at radius 3 is 2.52 bits per heavy atom. The quantitative estimate of drug-likeness (QED) is 0.718. The van der Waals surface area contributed by atoms with Gasteiger partial charge in [-0.3, -0.25) is 9.79 Å². The third kappa shape index (κ3) is 3.31. The molecule has 23 heavy (non-hydrogen) atoms. The molecule has 2 aromatic carbocycles. The second-order valence-corrected chi connectivity index (χ2v) is 6.04. The molecule has 0 atom stereocenters. The Kier molecular flexibility index (Phi) is 4.51. The van der Waals surface area contributed by atoms with Crippen LogP contribution >= 0.6 is 23.2 Å². The highest BCUT2D eigenvalue weighted by Gasteiger charge is 2.24. The summed E-state index contributed by atoms with van der Waals surface area (Å²) in [5, 5.41) is 1.21. The summed E-state index contributed by atoms with van der Waals surface area (Å²) in [6.45, 7) is 4.14. The second-order valence-electron chi connectivity index (χ2n) is 5.17. The lowest BCUT2D eigenvalue weighted by atomic mass is 10.1. The summed E-state index contributed by atoms with van der Waals surface area (Å²) in [5.74, 6) is -0.0420. The third-order valence-corrected chi connectivity index (χ3v) is 4.08. The molecule has 0 radical (unpaired) electrons. The normalized spacial score (nSPS) is 14.1. The minimum Gasteiger partial charge on any atom is -0.306 e. The molecule has 1 aliphatic heterocycles. The molecular formula is C18H14Cl2N2O. The molecule has 116 valence electrons. The van der Waals surface area contributed by atoms with E-state index in [9.17, 15) is 4.79 Å². The molecule has 0 fully saturated rings. The fourth-order valence-electron chi connectivity index (χ4n) is 2.50. The summed E-state index contributed by atoms with van der Waals surface area (Å²) in [6.07, 6.45) is 1.90. The minimum absolute atomic E-state index is 0.0420. The Balaban J connectivity index is 2.11. The van der Waals surface area contributed by atoms with Gasteiger partial charge in [-0.15, -0.1) is 6.58 Å². The molecule has 0 saturated heterocycles. The lowest BCUT2D eigenvalue weighted by Crippen LogP contribution is -2.31. The van der Waals surface area contributed by atoms with E-state index in [4.69, 9.17) is 23.2 Å². The number of benzene rings is 2. The van der Waals surface area contributed by atoms with Gasteiger partial charge in [-0.2, -0.15) is 0 Å². The van der Waals surface area contributed by atoms with Gasteiger partial charge in [0.05, 0.1) is 23.5 Å². The first-order chi connectivity index (χ1) is 11.1. The van der Waals surface area contributed by atoms with E-state index >= 15 is 0 Å². The smallest absolute Gasteiger partial charge is 0.233 e. The number of anilines is 1. The van der Waals surface area contributed by atoms with Crippen molar-refractivity contribution in [2.45, 2.75) is 6.42 Å². The van der Waals surface area contributed by atoms with Crippen LogP contribution in [0.1, 0.15) is 12.0 Å². The zero-order valence-electron chi connectivity index (χ0n) is 12.3. The minimum atomic E-state index is -0.0420. The summed E-state index contributed by atoms with van der Waals surface area (Å²) in [5.41, 5.74) is 3.00. The van der Waals surface area contributed by atoms with Gasteiger partial charge >= 0.3 is 0 Å². The average Bonchev–Trinajstić information content (AvgIpc) is 2.66. The van der Waals surface area contributed by atoms with E-state index in [1.54, 1.807) is 35.2 Å². The number of carbonyl (C=O) groups is 1. The summed E-state index contributed by atoms with van der Waals surface area (Å²) in [4.78, 5) is 19.0. The van der Waals surface area contributed by atoms with Gasteiger partial charge in [0.2, 0.25) is 5.91 Å². The van der Waals surface area contributed by atoms with Crippen molar-refractivity contribution >= 4 is 46.2 Å². The van der Waals surface area contributed by atoms with E-state index in [-0.39, 0.29) is 12.3 Å². The number of fused-ring (bicyclic) bond motifs is 1. The Morgan fingerprint density at radius 2 is 1.83 bits per heavy atom. The first-order valence-electron chi connectivity index (χ1n) is 7.13. The maximum absolute atomic E-state index is 12.7. The van der Waals surface area contributed by atoms with Crippen molar-refractivity contribution in [1.29, 1.82) is 0 Å². The van der Waals surface area contributed by atoms with Crippen LogP contribution in [0.15, 0.2) is 60.1 Å². The van der Waals surface area contributed by atoms with Crippen LogP contribution in [0, 0.1) is 0 Å². The number of hydrogen-bond acceptors (Lipinski definition) is 2. The van der Waals surface area contributed by atoms with Crippen molar-refractivity contribution in [1.82, 2.24) is 0 Å². The van der Waals surface area contributed by atoms with Crippen molar-refractivity contribution in [2.75, 3.05) is 11.4 Å². The number of hydrogen-bond donors (Lipinski definition) is 0. The van der Waals surface area contributed by atoms with Gasteiger partial charge in [0, 0.05) is 16.6 Å². The van der Waals surface area contributed by atoms with Gasteiger partial charge in [0.15, 0.2) is 0 Å². The fourth-order valence-corrected chi connectivity index (χ4v) is 2.80. The molecular weight excluding hydrogens is 331 g/mol. The van der Waals surface area contributed by atoms with Crippen molar-refractivity contribution in [3.8, 4) is 0 Å². The first-order valence-corrected chi connectivity index (χ1v) is 7.88. The lowest BCUT2D eigenvalue weighted by molar-refractivity contribution is -0.117. The highest BCUT2D eigenvalue weighted by Crippen LogP contribution is 2.35. The predicted octanol–water partition coefficient (Wildman–Crippen LogP) is 5.04. The number of aliphatic imine (C=N–C) groups is 1. The first kappa shape index (κ1) is 15.8.